The first-order valence-corrected chi connectivity index (χ1v) is 5.74. The van der Waals surface area contributed by atoms with E-state index in [0.29, 0.717) is 0 Å². The molecule has 2 aromatic rings. The van der Waals surface area contributed by atoms with Crippen LogP contribution in [0.2, 0.25) is 0 Å². The summed E-state index contributed by atoms with van der Waals surface area (Å²) in [5, 5.41) is 4.50. The molecule has 0 bridgehead atoms. The Morgan fingerprint density at radius 1 is 1.53 bits per heavy atom. The zero-order valence-electron chi connectivity index (χ0n) is 8.68. The fourth-order valence-corrected chi connectivity index (χ4v) is 2.09. The van der Waals surface area contributed by atoms with Crippen LogP contribution in [0.1, 0.15) is 9.88 Å². The Morgan fingerprint density at radius 3 is 3.13 bits per heavy atom. The zero-order valence-corrected chi connectivity index (χ0v) is 9.50. The molecule has 15 heavy (non-hydrogen) atoms. The molecule has 2 aromatic heterocycles. The molecule has 0 aliphatic rings. The molecule has 0 saturated carbocycles. The third-order valence-electron chi connectivity index (χ3n) is 2.07. The number of nitrogens with zero attached hydrogens (tertiary/aromatic N) is 3. The van der Waals surface area contributed by atoms with Gasteiger partial charge in [0.25, 0.3) is 0 Å². The standard InChI is InChI=1S/C10H14N4S/c1-9-13-7-10(15-9)6-11-2-4-14-5-3-12-8-14/h3,5,7-8,11H,2,4,6H2,1H3. The lowest BCUT2D eigenvalue weighted by atomic mass is 10.5. The van der Waals surface area contributed by atoms with Gasteiger partial charge in [-0.2, -0.15) is 0 Å². The Bertz CT molecular complexity index is 393. The number of rotatable bonds is 5. The van der Waals surface area contributed by atoms with Crippen molar-refractivity contribution in [2.45, 2.75) is 20.0 Å². The Labute approximate surface area is 93.0 Å². The molecule has 0 atom stereocenters. The van der Waals surface area contributed by atoms with Crippen molar-refractivity contribution in [1.29, 1.82) is 0 Å². The minimum atomic E-state index is 0.903. The smallest absolute Gasteiger partial charge is 0.0946 e. The Morgan fingerprint density at radius 2 is 2.47 bits per heavy atom. The lowest BCUT2D eigenvalue weighted by molar-refractivity contribution is 0.600. The molecule has 0 radical (unpaired) electrons. The maximum atomic E-state index is 4.21. The highest BCUT2D eigenvalue weighted by atomic mass is 32.1. The molecule has 0 spiro atoms. The van der Waals surface area contributed by atoms with Crippen LogP contribution in [0.25, 0.3) is 0 Å². The van der Waals surface area contributed by atoms with Gasteiger partial charge in [-0.05, 0) is 6.92 Å². The molecule has 0 aliphatic carbocycles. The molecule has 4 nitrogen and oxygen atoms in total. The molecule has 0 fully saturated rings. The largest absolute Gasteiger partial charge is 0.336 e. The highest BCUT2D eigenvalue weighted by molar-refractivity contribution is 7.11. The highest BCUT2D eigenvalue weighted by Gasteiger charge is 1.96. The van der Waals surface area contributed by atoms with E-state index in [1.165, 1.54) is 4.88 Å². The minimum Gasteiger partial charge on any atom is -0.336 e. The highest BCUT2D eigenvalue weighted by Crippen LogP contribution is 2.10. The van der Waals surface area contributed by atoms with Crippen LogP contribution in [-0.4, -0.2) is 21.1 Å². The second-order valence-electron chi connectivity index (χ2n) is 3.32. The first-order valence-electron chi connectivity index (χ1n) is 4.92. The van der Waals surface area contributed by atoms with Crippen molar-refractivity contribution in [2.75, 3.05) is 6.54 Å². The average molecular weight is 222 g/mol. The van der Waals surface area contributed by atoms with E-state index in [-0.39, 0.29) is 0 Å². The van der Waals surface area contributed by atoms with Gasteiger partial charge in [-0.1, -0.05) is 0 Å². The van der Waals surface area contributed by atoms with E-state index >= 15 is 0 Å². The summed E-state index contributed by atoms with van der Waals surface area (Å²) in [6, 6.07) is 0. The number of imidazole rings is 1. The van der Waals surface area contributed by atoms with E-state index in [4.69, 9.17) is 0 Å². The van der Waals surface area contributed by atoms with E-state index in [1.54, 1.807) is 17.5 Å². The van der Waals surface area contributed by atoms with Gasteiger partial charge in [0.2, 0.25) is 0 Å². The van der Waals surface area contributed by atoms with Gasteiger partial charge in [-0.25, -0.2) is 9.97 Å². The summed E-state index contributed by atoms with van der Waals surface area (Å²) in [7, 11) is 0. The SMILES string of the molecule is Cc1ncc(CNCCn2ccnc2)s1. The van der Waals surface area contributed by atoms with Gasteiger partial charge < -0.3 is 9.88 Å². The number of nitrogens with one attached hydrogen (secondary N) is 1. The molecule has 0 amide bonds. The van der Waals surface area contributed by atoms with Crippen molar-refractivity contribution >= 4 is 11.3 Å². The molecule has 80 valence electrons. The molecule has 5 heteroatoms. The molecule has 0 unspecified atom stereocenters. The Kier molecular flexibility index (Phi) is 3.47. The number of hydrogen-bond acceptors (Lipinski definition) is 4. The van der Waals surface area contributed by atoms with E-state index in [9.17, 15) is 0 Å². The monoisotopic (exact) mass is 222 g/mol. The topological polar surface area (TPSA) is 42.7 Å². The molecule has 0 saturated heterocycles. The summed E-state index contributed by atoms with van der Waals surface area (Å²) in [5.41, 5.74) is 0. The van der Waals surface area contributed by atoms with Gasteiger partial charge in [-0.3, -0.25) is 0 Å². The third kappa shape index (κ3) is 3.14. The molecule has 2 rings (SSSR count). The minimum absolute atomic E-state index is 0.903. The van der Waals surface area contributed by atoms with E-state index in [1.807, 2.05) is 25.6 Å². The summed E-state index contributed by atoms with van der Waals surface area (Å²) >= 11 is 1.74. The fraction of sp³-hybridized carbons (Fsp3) is 0.400. The second-order valence-corrected chi connectivity index (χ2v) is 4.64. The number of thiazole rings is 1. The number of aryl methyl sites for hydroxylation is 1. The first-order chi connectivity index (χ1) is 7.34. The van der Waals surface area contributed by atoms with E-state index in [2.05, 4.69) is 19.9 Å². The van der Waals surface area contributed by atoms with Crippen LogP contribution in [0.5, 0.6) is 0 Å². The maximum absolute atomic E-state index is 4.21. The van der Waals surface area contributed by atoms with Gasteiger partial charge in [0.15, 0.2) is 0 Å². The van der Waals surface area contributed by atoms with Crippen molar-refractivity contribution < 1.29 is 0 Å². The maximum Gasteiger partial charge on any atom is 0.0946 e. The zero-order chi connectivity index (χ0) is 10.5. The van der Waals surface area contributed by atoms with Crippen molar-refractivity contribution in [3.8, 4) is 0 Å². The molecule has 0 aromatic carbocycles. The number of aromatic nitrogens is 3. The van der Waals surface area contributed by atoms with Gasteiger partial charge in [0.1, 0.15) is 0 Å². The summed E-state index contributed by atoms with van der Waals surface area (Å²) in [5.74, 6) is 0. The van der Waals surface area contributed by atoms with E-state index in [0.717, 1.165) is 24.6 Å². The number of hydrogen-bond donors (Lipinski definition) is 1. The van der Waals surface area contributed by atoms with Gasteiger partial charge >= 0.3 is 0 Å². The lowest BCUT2D eigenvalue weighted by Gasteiger charge is -2.03. The van der Waals surface area contributed by atoms with Crippen molar-refractivity contribution in [1.82, 2.24) is 19.9 Å². The predicted molar refractivity (Wildman–Crippen MR) is 60.8 cm³/mol. The summed E-state index contributed by atoms with van der Waals surface area (Å²) in [4.78, 5) is 9.49. The van der Waals surface area contributed by atoms with Gasteiger partial charge in [-0.15, -0.1) is 11.3 Å². The van der Waals surface area contributed by atoms with Gasteiger partial charge in [0.05, 0.1) is 11.3 Å². The average Bonchev–Trinajstić information content (AvgIpc) is 2.84. The molecule has 2 heterocycles. The Balaban J connectivity index is 1.67. The van der Waals surface area contributed by atoms with Crippen molar-refractivity contribution in [2.24, 2.45) is 0 Å². The van der Waals surface area contributed by atoms with Crippen LogP contribution >= 0.6 is 11.3 Å². The summed E-state index contributed by atoms with van der Waals surface area (Å²) < 4.78 is 2.06. The first kappa shape index (κ1) is 10.3. The second kappa shape index (κ2) is 5.04. The summed E-state index contributed by atoms with van der Waals surface area (Å²) in [6.45, 7) is 4.84. The fourth-order valence-electron chi connectivity index (χ4n) is 1.33. The normalized spacial score (nSPS) is 10.7. The predicted octanol–water partition coefficient (Wildman–Crippen LogP) is 1.44. The van der Waals surface area contributed by atoms with Crippen LogP contribution in [0.3, 0.4) is 0 Å². The van der Waals surface area contributed by atoms with Crippen LogP contribution in [-0.2, 0) is 13.1 Å². The molecule has 1 N–H and O–H groups in total. The molecule has 0 aliphatic heterocycles. The van der Waals surface area contributed by atoms with Crippen LogP contribution < -0.4 is 5.32 Å². The van der Waals surface area contributed by atoms with Crippen molar-refractivity contribution in [3.05, 3.63) is 34.8 Å². The van der Waals surface area contributed by atoms with Crippen LogP contribution in [0, 0.1) is 6.92 Å². The lowest BCUT2D eigenvalue weighted by Crippen LogP contribution is -2.18. The third-order valence-corrected chi connectivity index (χ3v) is 2.99. The van der Waals surface area contributed by atoms with Crippen LogP contribution in [0.4, 0.5) is 0 Å². The molecular formula is C10H14N4S. The van der Waals surface area contributed by atoms with Crippen molar-refractivity contribution in [3.63, 3.8) is 0 Å². The molecular weight excluding hydrogens is 208 g/mol. The van der Waals surface area contributed by atoms with Crippen LogP contribution in [0.15, 0.2) is 24.9 Å². The van der Waals surface area contributed by atoms with Gasteiger partial charge in [0, 0.05) is 43.1 Å². The quantitative estimate of drug-likeness (QED) is 0.778. The summed E-state index contributed by atoms with van der Waals surface area (Å²) in [6.07, 6.45) is 7.54. The Hall–Kier alpha value is -1.20. The van der Waals surface area contributed by atoms with E-state index < -0.39 is 0 Å².